The van der Waals surface area contributed by atoms with Crippen LogP contribution in [0.15, 0.2) is 41.1 Å². The topological polar surface area (TPSA) is 103 Å². The summed E-state index contributed by atoms with van der Waals surface area (Å²) in [5.41, 5.74) is 2.09. The summed E-state index contributed by atoms with van der Waals surface area (Å²) in [5.74, 6) is -0.907. The molecule has 0 bridgehead atoms. The van der Waals surface area contributed by atoms with Gasteiger partial charge in [0.05, 0.1) is 29.7 Å². The van der Waals surface area contributed by atoms with E-state index in [9.17, 15) is 14.0 Å². The van der Waals surface area contributed by atoms with Gasteiger partial charge in [0.2, 0.25) is 5.91 Å². The van der Waals surface area contributed by atoms with Gasteiger partial charge in [-0.25, -0.2) is 13.5 Å². The van der Waals surface area contributed by atoms with Crippen LogP contribution < -0.4 is 20.9 Å². The monoisotopic (exact) mass is 598 g/mol. The summed E-state index contributed by atoms with van der Waals surface area (Å²) in [6.07, 6.45) is 8.51. The summed E-state index contributed by atoms with van der Waals surface area (Å²) in [6.45, 7) is 4.77. The molecule has 3 aromatic rings. The molecule has 6 rings (SSSR count). The predicted octanol–water partition coefficient (Wildman–Crippen LogP) is 5.15. The first-order valence-electron chi connectivity index (χ1n) is 14.3. The predicted molar refractivity (Wildman–Crippen MR) is 152 cm³/mol. The van der Waals surface area contributed by atoms with Crippen LogP contribution in [-0.4, -0.2) is 25.2 Å². The van der Waals surface area contributed by atoms with Gasteiger partial charge in [-0.1, -0.05) is 11.6 Å². The Bertz CT molecular complexity index is 1650. The number of hydrogen-bond acceptors (Lipinski definition) is 6. The standard InChI is InChI=1S/C30H33ClF2N6O3/c1-16(40)36-30(2,3)28-21(33)15-38(37-28)25-12-22-18(13-34-25)6-4-5-7-20-11-24(26(31)29(41)39(20)22)42-23-9-8-17-10-19(32)14-35-27(17)23/h10-11,13-15,22-23,25,34H,4-9,12H2,1-3H3,(H,36,40)/t22?,23?,25-/m0/s1. The Balaban J connectivity index is 1.32. The van der Waals surface area contributed by atoms with E-state index in [-0.39, 0.29) is 34.0 Å². The first-order chi connectivity index (χ1) is 20.0. The van der Waals surface area contributed by atoms with Crippen LogP contribution in [0.2, 0.25) is 5.02 Å². The average molecular weight is 599 g/mol. The van der Waals surface area contributed by atoms with Gasteiger partial charge in [0.25, 0.3) is 5.56 Å². The molecule has 0 saturated heterocycles. The van der Waals surface area contributed by atoms with Crippen molar-refractivity contribution in [3.05, 3.63) is 86.0 Å². The van der Waals surface area contributed by atoms with Gasteiger partial charge >= 0.3 is 0 Å². The van der Waals surface area contributed by atoms with Crippen LogP contribution in [0.5, 0.6) is 5.75 Å². The van der Waals surface area contributed by atoms with Crippen molar-refractivity contribution in [1.82, 2.24) is 30.0 Å². The SMILES string of the molecule is CC(=O)NC(C)(C)c1nn([C@H]2CC3C(=CN2)CCCCc2cc(OC4CCc5cc(F)cnc54)c(Cl)c(=O)n23)cc1F. The van der Waals surface area contributed by atoms with Crippen molar-refractivity contribution in [2.24, 2.45) is 0 Å². The van der Waals surface area contributed by atoms with Gasteiger partial charge in [0.15, 0.2) is 5.82 Å². The third-order valence-corrected chi connectivity index (χ3v) is 8.68. The van der Waals surface area contributed by atoms with Crippen molar-refractivity contribution in [3.63, 3.8) is 0 Å². The van der Waals surface area contributed by atoms with E-state index in [2.05, 4.69) is 20.7 Å². The fourth-order valence-corrected chi connectivity index (χ4v) is 6.62. The van der Waals surface area contributed by atoms with Crippen molar-refractivity contribution >= 4 is 17.5 Å². The lowest BCUT2D eigenvalue weighted by molar-refractivity contribution is -0.120. The number of aryl methyl sites for hydroxylation is 2. The molecule has 3 atom stereocenters. The smallest absolute Gasteiger partial charge is 0.273 e. The fourth-order valence-electron chi connectivity index (χ4n) is 6.43. The second-order valence-corrected chi connectivity index (χ2v) is 12.2. The molecule has 3 aliphatic rings. The Labute approximate surface area is 246 Å². The van der Waals surface area contributed by atoms with E-state index >= 15 is 4.39 Å². The van der Waals surface area contributed by atoms with E-state index in [1.54, 1.807) is 18.4 Å². The lowest BCUT2D eigenvalue weighted by atomic mass is 9.91. The van der Waals surface area contributed by atoms with Crippen LogP contribution in [0.25, 0.3) is 0 Å². The summed E-state index contributed by atoms with van der Waals surface area (Å²) in [4.78, 5) is 29.8. The maximum Gasteiger partial charge on any atom is 0.273 e. The van der Waals surface area contributed by atoms with Gasteiger partial charge in [-0.2, -0.15) is 5.10 Å². The molecule has 42 heavy (non-hydrogen) atoms. The largest absolute Gasteiger partial charge is 0.482 e. The van der Waals surface area contributed by atoms with E-state index in [0.29, 0.717) is 37.1 Å². The highest BCUT2D eigenvalue weighted by atomic mass is 35.5. The number of aromatic nitrogens is 4. The van der Waals surface area contributed by atoms with Gasteiger partial charge in [0.1, 0.15) is 34.6 Å². The van der Waals surface area contributed by atoms with E-state index < -0.39 is 23.6 Å². The minimum Gasteiger partial charge on any atom is -0.482 e. The van der Waals surface area contributed by atoms with Crippen LogP contribution in [0.4, 0.5) is 8.78 Å². The Morgan fingerprint density at radius 2 is 2.00 bits per heavy atom. The lowest BCUT2D eigenvalue weighted by Gasteiger charge is -2.35. The molecule has 0 aromatic carbocycles. The normalized spacial score (nSPS) is 21.7. The van der Waals surface area contributed by atoms with Gasteiger partial charge in [-0.3, -0.25) is 14.6 Å². The molecular weight excluding hydrogens is 566 g/mol. The number of allylic oxidation sites excluding steroid dienone is 1. The number of rotatable bonds is 5. The number of amides is 1. The molecule has 3 aromatic heterocycles. The molecule has 5 heterocycles. The first-order valence-corrected chi connectivity index (χ1v) is 14.6. The Morgan fingerprint density at radius 1 is 1.21 bits per heavy atom. The number of carbonyl (C=O) groups excluding carboxylic acids is 1. The average Bonchev–Trinajstić information content (AvgIpc) is 3.51. The number of ether oxygens (including phenoxy) is 1. The number of hydrogen-bond donors (Lipinski definition) is 2. The lowest BCUT2D eigenvalue weighted by Crippen LogP contribution is -2.41. The van der Waals surface area contributed by atoms with Crippen LogP contribution in [-0.2, 0) is 23.2 Å². The first kappa shape index (κ1) is 28.4. The number of fused-ring (bicyclic) bond motifs is 4. The highest BCUT2D eigenvalue weighted by Crippen LogP contribution is 2.40. The molecule has 222 valence electrons. The van der Waals surface area contributed by atoms with E-state index in [1.165, 1.54) is 30.1 Å². The molecule has 0 saturated carbocycles. The molecule has 0 fully saturated rings. The zero-order valence-electron chi connectivity index (χ0n) is 23.7. The highest BCUT2D eigenvalue weighted by molar-refractivity contribution is 6.31. The van der Waals surface area contributed by atoms with E-state index in [1.807, 2.05) is 12.3 Å². The van der Waals surface area contributed by atoms with Crippen molar-refractivity contribution in [2.75, 3.05) is 0 Å². The van der Waals surface area contributed by atoms with Crippen molar-refractivity contribution < 1.29 is 18.3 Å². The minimum atomic E-state index is -1.01. The quantitative estimate of drug-likeness (QED) is 0.421. The number of halogens is 3. The fraction of sp³-hybridized carbons (Fsp3) is 0.467. The number of nitrogens with zero attached hydrogens (tertiary/aromatic N) is 4. The number of carbonyl (C=O) groups is 1. The zero-order chi connectivity index (χ0) is 29.8. The molecule has 1 aliphatic carbocycles. The maximum absolute atomic E-state index is 15.1. The summed E-state index contributed by atoms with van der Waals surface area (Å²) in [7, 11) is 0. The van der Waals surface area contributed by atoms with E-state index in [4.69, 9.17) is 16.3 Å². The molecule has 2 unspecified atom stereocenters. The van der Waals surface area contributed by atoms with Crippen molar-refractivity contribution in [1.29, 1.82) is 0 Å². The molecule has 12 heteroatoms. The van der Waals surface area contributed by atoms with E-state index in [0.717, 1.165) is 36.1 Å². The van der Waals surface area contributed by atoms with Crippen LogP contribution >= 0.6 is 11.6 Å². The Morgan fingerprint density at radius 3 is 2.79 bits per heavy atom. The molecule has 2 N–H and O–H groups in total. The van der Waals surface area contributed by atoms with Gasteiger partial charge in [0, 0.05) is 25.1 Å². The number of pyridine rings is 2. The van der Waals surface area contributed by atoms with Crippen LogP contribution in [0.3, 0.4) is 0 Å². The summed E-state index contributed by atoms with van der Waals surface area (Å²) >= 11 is 6.68. The number of nitrogens with one attached hydrogen (secondary N) is 2. The third-order valence-electron chi connectivity index (χ3n) is 8.33. The van der Waals surface area contributed by atoms with Crippen molar-refractivity contribution in [2.45, 2.75) is 89.6 Å². The molecule has 2 aliphatic heterocycles. The molecule has 0 radical (unpaired) electrons. The zero-order valence-corrected chi connectivity index (χ0v) is 24.5. The van der Waals surface area contributed by atoms with Crippen molar-refractivity contribution in [3.8, 4) is 5.75 Å². The second kappa shape index (κ2) is 10.8. The molecule has 1 amide bonds. The molecule has 9 nitrogen and oxygen atoms in total. The van der Waals surface area contributed by atoms with Crippen LogP contribution in [0.1, 0.15) is 93.8 Å². The second-order valence-electron chi connectivity index (χ2n) is 11.8. The van der Waals surface area contributed by atoms with Gasteiger partial charge in [-0.15, -0.1) is 0 Å². The van der Waals surface area contributed by atoms with Gasteiger partial charge < -0.3 is 19.9 Å². The summed E-state index contributed by atoms with van der Waals surface area (Å²) in [6, 6.07) is 2.99. The maximum atomic E-state index is 15.1. The van der Waals surface area contributed by atoms with Crippen LogP contribution in [0, 0.1) is 11.6 Å². The van der Waals surface area contributed by atoms with Gasteiger partial charge in [-0.05, 0) is 75.8 Å². The third kappa shape index (κ3) is 5.19. The Kier molecular flexibility index (Phi) is 7.32. The Hall–Kier alpha value is -3.73. The molecular formula is C30H33ClF2N6O3. The highest BCUT2D eigenvalue weighted by Gasteiger charge is 2.35. The summed E-state index contributed by atoms with van der Waals surface area (Å²) in [5, 5.41) is 10.6. The summed E-state index contributed by atoms with van der Waals surface area (Å²) < 4.78 is 38.2. The molecule has 0 spiro atoms. The minimum absolute atomic E-state index is 0.0196.